The van der Waals surface area contributed by atoms with Crippen LogP contribution in [0.5, 0.6) is 11.5 Å². The maximum atomic E-state index is 6.00. The molecule has 0 saturated heterocycles. The molecule has 0 radical (unpaired) electrons. The van der Waals surface area contributed by atoms with E-state index in [-0.39, 0.29) is 6.04 Å². The minimum atomic E-state index is 0.000330. The lowest BCUT2D eigenvalue weighted by molar-refractivity contribution is 0.337. The Kier molecular flexibility index (Phi) is 4.43. The largest absolute Gasteiger partial charge is 0.496 e. The van der Waals surface area contributed by atoms with Crippen LogP contribution >= 0.6 is 0 Å². The van der Waals surface area contributed by atoms with Gasteiger partial charge in [-0.1, -0.05) is 6.92 Å². The Morgan fingerprint density at radius 2 is 2.07 bits per heavy atom. The minimum Gasteiger partial charge on any atom is -0.496 e. The molecule has 0 fully saturated rings. The van der Waals surface area contributed by atoms with E-state index in [1.54, 1.807) is 7.11 Å². The average Bonchev–Trinajstić information content (AvgIpc) is 2.28. The van der Waals surface area contributed by atoms with Crippen LogP contribution in [-0.4, -0.2) is 13.7 Å². The Bertz CT molecular complexity index is 312. The molecule has 0 heterocycles. The van der Waals surface area contributed by atoms with Gasteiger partial charge in [0.05, 0.1) is 13.7 Å². The highest BCUT2D eigenvalue weighted by Crippen LogP contribution is 2.29. The van der Waals surface area contributed by atoms with Crippen LogP contribution in [0.4, 0.5) is 0 Å². The zero-order chi connectivity index (χ0) is 11.3. The number of rotatable bonds is 5. The van der Waals surface area contributed by atoms with E-state index in [0.29, 0.717) is 6.61 Å². The highest BCUT2D eigenvalue weighted by atomic mass is 16.5. The van der Waals surface area contributed by atoms with E-state index in [4.69, 9.17) is 15.2 Å². The van der Waals surface area contributed by atoms with Crippen LogP contribution in [0.3, 0.4) is 0 Å². The van der Waals surface area contributed by atoms with Gasteiger partial charge in [-0.3, -0.25) is 0 Å². The first kappa shape index (κ1) is 11.9. The second-order valence-electron chi connectivity index (χ2n) is 3.35. The molecule has 0 spiro atoms. The lowest BCUT2D eigenvalue weighted by atomic mass is 10.0. The second-order valence-corrected chi connectivity index (χ2v) is 3.35. The summed E-state index contributed by atoms with van der Waals surface area (Å²) in [6, 6.07) is 5.75. The maximum Gasteiger partial charge on any atom is 0.123 e. The van der Waals surface area contributed by atoms with Crippen LogP contribution < -0.4 is 15.2 Å². The number of hydrogen-bond acceptors (Lipinski definition) is 3. The first-order valence-electron chi connectivity index (χ1n) is 5.29. The van der Waals surface area contributed by atoms with Crippen molar-refractivity contribution in [3.63, 3.8) is 0 Å². The maximum absolute atomic E-state index is 6.00. The third-order valence-electron chi connectivity index (χ3n) is 2.35. The van der Waals surface area contributed by atoms with Crippen molar-refractivity contribution in [2.24, 2.45) is 5.73 Å². The molecular formula is C12H19NO2. The second kappa shape index (κ2) is 5.61. The third-order valence-corrected chi connectivity index (χ3v) is 2.35. The predicted molar refractivity (Wildman–Crippen MR) is 61.4 cm³/mol. The van der Waals surface area contributed by atoms with Crippen molar-refractivity contribution in [1.82, 2.24) is 0 Å². The lowest BCUT2D eigenvalue weighted by Crippen LogP contribution is -2.10. The molecule has 0 aliphatic rings. The molecule has 1 rings (SSSR count). The fourth-order valence-electron chi connectivity index (χ4n) is 1.48. The van der Waals surface area contributed by atoms with Crippen molar-refractivity contribution in [3.8, 4) is 11.5 Å². The van der Waals surface area contributed by atoms with Crippen molar-refractivity contribution in [3.05, 3.63) is 23.8 Å². The van der Waals surface area contributed by atoms with Gasteiger partial charge in [0, 0.05) is 11.6 Å². The van der Waals surface area contributed by atoms with E-state index in [0.717, 1.165) is 23.5 Å². The Morgan fingerprint density at radius 3 is 2.60 bits per heavy atom. The number of ether oxygens (including phenoxy) is 2. The summed E-state index contributed by atoms with van der Waals surface area (Å²) in [5.74, 6) is 1.67. The van der Waals surface area contributed by atoms with E-state index in [2.05, 4.69) is 6.92 Å². The summed E-state index contributed by atoms with van der Waals surface area (Å²) in [5.41, 5.74) is 7.01. The summed E-state index contributed by atoms with van der Waals surface area (Å²) in [4.78, 5) is 0. The molecule has 0 aliphatic heterocycles. The van der Waals surface area contributed by atoms with Crippen LogP contribution in [0.2, 0.25) is 0 Å². The number of hydrogen-bond donors (Lipinski definition) is 1. The van der Waals surface area contributed by atoms with E-state index in [9.17, 15) is 0 Å². The summed E-state index contributed by atoms with van der Waals surface area (Å²) in [5, 5.41) is 0. The van der Waals surface area contributed by atoms with Crippen LogP contribution in [0.1, 0.15) is 31.9 Å². The van der Waals surface area contributed by atoms with Gasteiger partial charge in [0.25, 0.3) is 0 Å². The molecule has 0 aliphatic carbocycles. The zero-order valence-corrected chi connectivity index (χ0v) is 9.62. The number of methoxy groups -OCH3 is 1. The SMILES string of the molecule is CCOc1ccc(OC)c(C(N)CC)c1. The Balaban J connectivity index is 3.01. The van der Waals surface area contributed by atoms with Gasteiger partial charge < -0.3 is 15.2 Å². The first-order chi connectivity index (χ1) is 7.22. The van der Waals surface area contributed by atoms with Gasteiger partial charge >= 0.3 is 0 Å². The average molecular weight is 209 g/mol. The van der Waals surface area contributed by atoms with E-state index >= 15 is 0 Å². The third kappa shape index (κ3) is 2.86. The molecule has 1 unspecified atom stereocenters. The molecule has 0 saturated carbocycles. The summed E-state index contributed by atoms with van der Waals surface area (Å²) >= 11 is 0. The fourth-order valence-corrected chi connectivity index (χ4v) is 1.48. The van der Waals surface area contributed by atoms with Gasteiger partial charge in [-0.05, 0) is 31.5 Å². The van der Waals surface area contributed by atoms with Crippen LogP contribution in [-0.2, 0) is 0 Å². The minimum absolute atomic E-state index is 0.000330. The van der Waals surface area contributed by atoms with Crippen molar-refractivity contribution in [2.75, 3.05) is 13.7 Å². The molecule has 1 aromatic rings. The Hall–Kier alpha value is -1.22. The summed E-state index contributed by atoms with van der Waals surface area (Å²) in [6.07, 6.45) is 0.881. The summed E-state index contributed by atoms with van der Waals surface area (Å²) in [7, 11) is 1.65. The zero-order valence-electron chi connectivity index (χ0n) is 9.62. The molecule has 3 heteroatoms. The summed E-state index contributed by atoms with van der Waals surface area (Å²) < 4.78 is 10.7. The number of benzene rings is 1. The van der Waals surface area contributed by atoms with Gasteiger partial charge in [0.2, 0.25) is 0 Å². The van der Waals surface area contributed by atoms with Crippen molar-refractivity contribution < 1.29 is 9.47 Å². The Morgan fingerprint density at radius 1 is 1.33 bits per heavy atom. The molecular weight excluding hydrogens is 190 g/mol. The van der Waals surface area contributed by atoms with Gasteiger partial charge in [0.1, 0.15) is 11.5 Å². The first-order valence-corrected chi connectivity index (χ1v) is 5.29. The quantitative estimate of drug-likeness (QED) is 0.810. The van der Waals surface area contributed by atoms with E-state index in [1.165, 1.54) is 0 Å². The van der Waals surface area contributed by atoms with Crippen LogP contribution in [0, 0.1) is 0 Å². The van der Waals surface area contributed by atoms with Gasteiger partial charge in [-0.2, -0.15) is 0 Å². The normalized spacial score (nSPS) is 12.3. The molecule has 15 heavy (non-hydrogen) atoms. The molecule has 2 N–H and O–H groups in total. The molecule has 0 bridgehead atoms. The smallest absolute Gasteiger partial charge is 0.123 e. The standard InChI is InChI=1S/C12H19NO2/c1-4-11(13)10-8-9(15-5-2)6-7-12(10)14-3/h6-8,11H,4-5,13H2,1-3H3. The van der Waals surface area contributed by atoms with Crippen LogP contribution in [0.15, 0.2) is 18.2 Å². The highest BCUT2D eigenvalue weighted by Gasteiger charge is 2.11. The highest BCUT2D eigenvalue weighted by molar-refractivity contribution is 5.42. The van der Waals surface area contributed by atoms with E-state index < -0.39 is 0 Å². The molecule has 0 aromatic heterocycles. The molecule has 1 atom stereocenters. The van der Waals surface area contributed by atoms with E-state index in [1.807, 2.05) is 25.1 Å². The molecule has 84 valence electrons. The van der Waals surface area contributed by atoms with Gasteiger partial charge in [-0.15, -0.1) is 0 Å². The summed E-state index contributed by atoms with van der Waals surface area (Å²) in [6.45, 7) is 4.67. The lowest BCUT2D eigenvalue weighted by Gasteiger charge is -2.15. The predicted octanol–water partition coefficient (Wildman–Crippen LogP) is 2.50. The topological polar surface area (TPSA) is 44.5 Å². The molecule has 0 amide bonds. The monoisotopic (exact) mass is 209 g/mol. The van der Waals surface area contributed by atoms with Crippen LogP contribution in [0.25, 0.3) is 0 Å². The molecule has 1 aromatic carbocycles. The number of nitrogens with two attached hydrogens (primary N) is 1. The van der Waals surface area contributed by atoms with Crippen molar-refractivity contribution in [1.29, 1.82) is 0 Å². The van der Waals surface area contributed by atoms with Gasteiger partial charge in [0.15, 0.2) is 0 Å². The van der Waals surface area contributed by atoms with Crippen molar-refractivity contribution in [2.45, 2.75) is 26.3 Å². The fraction of sp³-hybridized carbons (Fsp3) is 0.500. The van der Waals surface area contributed by atoms with Gasteiger partial charge in [-0.25, -0.2) is 0 Å². The van der Waals surface area contributed by atoms with Crippen molar-refractivity contribution >= 4 is 0 Å². The molecule has 3 nitrogen and oxygen atoms in total. The Labute approximate surface area is 91.2 Å².